The average Bonchev–Trinajstić information content (AvgIpc) is 2.53. The SMILES string of the molecule is Cc1cc(COc2ccc(Cl)cc2C(N)=O)c2ccccc2n1. The molecule has 1 heterocycles. The number of halogens is 1. The lowest BCUT2D eigenvalue weighted by Crippen LogP contribution is -2.13. The Morgan fingerprint density at radius 3 is 2.78 bits per heavy atom. The van der Waals surface area contributed by atoms with Gasteiger partial charge in [-0.1, -0.05) is 29.8 Å². The van der Waals surface area contributed by atoms with Crippen molar-refractivity contribution >= 4 is 28.4 Å². The molecule has 0 saturated heterocycles. The van der Waals surface area contributed by atoms with Crippen LogP contribution in [0.3, 0.4) is 0 Å². The summed E-state index contributed by atoms with van der Waals surface area (Å²) in [4.78, 5) is 16.0. The number of hydrogen-bond donors (Lipinski definition) is 1. The van der Waals surface area contributed by atoms with Gasteiger partial charge in [0.1, 0.15) is 12.4 Å². The zero-order valence-corrected chi connectivity index (χ0v) is 13.3. The number of fused-ring (bicyclic) bond motifs is 1. The van der Waals surface area contributed by atoms with Crippen LogP contribution in [0.5, 0.6) is 5.75 Å². The van der Waals surface area contributed by atoms with E-state index in [1.165, 1.54) is 6.07 Å². The Labute approximate surface area is 138 Å². The maximum absolute atomic E-state index is 11.5. The molecule has 0 aliphatic carbocycles. The summed E-state index contributed by atoms with van der Waals surface area (Å²) < 4.78 is 5.82. The zero-order chi connectivity index (χ0) is 16.4. The lowest BCUT2D eigenvalue weighted by atomic mass is 10.1. The Balaban J connectivity index is 1.94. The first-order valence-corrected chi connectivity index (χ1v) is 7.50. The molecule has 0 bridgehead atoms. The Morgan fingerprint density at radius 2 is 2.00 bits per heavy atom. The standard InChI is InChI=1S/C18H15ClN2O2/c1-11-8-12(14-4-2-3-5-16(14)21-11)10-23-17-7-6-13(19)9-15(17)18(20)22/h2-9H,10H2,1H3,(H2,20,22). The fourth-order valence-corrected chi connectivity index (χ4v) is 2.66. The number of pyridine rings is 1. The van der Waals surface area contributed by atoms with E-state index < -0.39 is 5.91 Å². The number of para-hydroxylation sites is 1. The number of carbonyl (C=O) groups excluding carboxylic acids is 1. The molecule has 0 fully saturated rings. The van der Waals surface area contributed by atoms with Gasteiger partial charge in [0, 0.05) is 21.7 Å². The van der Waals surface area contributed by atoms with Crippen LogP contribution < -0.4 is 10.5 Å². The summed E-state index contributed by atoms with van der Waals surface area (Å²) in [6, 6.07) is 14.7. The summed E-state index contributed by atoms with van der Waals surface area (Å²) in [5, 5.41) is 1.46. The molecule has 0 aliphatic heterocycles. The van der Waals surface area contributed by atoms with Gasteiger partial charge < -0.3 is 10.5 Å². The number of nitrogens with zero attached hydrogens (tertiary/aromatic N) is 1. The van der Waals surface area contributed by atoms with Crippen molar-refractivity contribution in [2.45, 2.75) is 13.5 Å². The van der Waals surface area contributed by atoms with Crippen molar-refractivity contribution in [1.82, 2.24) is 4.98 Å². The van der Waals surface area contributed by atoms with E-state index in [1.807, 2.05) is 37.3 Å². The molecule has 4 nitrogen and oxygen atoms in total. The first-order valence-electron chi connectivity index (χ1n) is 7.12. The van der Waals surface area contributed by atoms with Gasteiger partial charge in [0.2, 0.25) is 0 Å². The number of aryl methyl sites for hydroxylation is 1. The van der Waals surface area contributed by atoms with E-state index in [4.69, 9.17) is 22.1 Å². The van der Waals surface area contributed by atoms with E-state index in [0.29, 0.717) is 17.4 Å². The van der Waals surface area contributed by atoms with E-state index in [2.05, 4.69) is 4.98 Å². The molecule has 5 heteroatoms. The van der Waals surface area contributed by atoms with Crippen molar-refractivity contribution in [3.8, 4) is 5.75 Å². The minimum atomic E-state index is -0.571. The molecular formula is C18H15ClN2O2. The molecule has 0 radical (unpaired) electrons. The number of aromatic nitrogens is 1. The van der Waals surface area contributed by atoms with Crippen molar-refractivity contribution in [3.05, 3.63) is 70.4 Å². The number of rotatable bonds is 4. The van der Waals surface area contributed by atoms with E-state index in [1.54, 1.807) is 12.1 Å². The summed E-state index contributed by atoms with van der Waals surface area (Å²) in [7, 11) is 0. The number of nitrogens with two attached hydrogens (primary N) is 1. The third kappa shape index (κ3) is 3.27. The molecule has 0 saturated carbocycles. The lowest BCUT2D eigenvalue weighted by Gasteiger charge is -2.12. The molecule has 0 atom stereocenters. The van der Waals surface area contributed by atoms with Crippen molar-refractivity contribution in [2.75, 3.05) is 0 Å². The summed E-state index contributed by atoms with van der Waals surface area (Å²) in [6.07, 6.45) is 0. The maximum atomic E-state index is 11.5. The van der Waals surface area contributed by atoms with Gasteiger partial charge in [0.15, 0.2) is 0 Å². The van der Waals surface area contributed by atoms with Crippen LogP contribution in [0.15, 0.2) is 48.5 Å². The van der Waals surface area contributed by atoms with E-state index in [9.17, 15) is 4.79 Å². The Hall–Kier alpha value is -2.59. The fourth-order valence-electron chi connectivity index (χ4n) is 2.49. The van der Waals surface area contributed by atoms with E-state index in [-0.39, 0.29) is 5.56 Å². The van der Waals surface area contributed by atoms with Crippen LogP contribution in [0.1, 0.15) is 21.6 Å². The number of benzene rings is 2. The van der Waals surface area contributed by atoms with Gasteiger partial charge in [0.05, 0.1) is 11.1 Å². The lowest BCUT2D eigenvalue weighted by molar-refractivity contribution is 0.0996. The summed E-state index contributed by atoms with van der Waals surface area (Å²) in [5.74, 6) is -0.154. The van der Waals surface area contributed by atoms with Crippen molar-refractivity contribution in [3.63, 3.8) is 0 Å². The van der Waals surface area contributed by atoms with Gasteiger partial charge in [-0.25, -0.2) is 0 Å². The monoisotopic (exact) mass is 326 g/mol. The Bertz CT molecular complexity index is 893. The van der Waals surface area contributed by atoms with Crippen LogP contribution in [0.2, 0.25) is 5.02 Å². The van der Waals surface area contributed by atoms with Gasteiger partial charge in [-0.3, -0.25) is 9.78 Å². The first-order chi connectivity index (χ1) is 11.0. The minimum absolute atomic E-state index is 0.271. The van der Waals surface area contributed by atoms with Crippen LogP contribution in [0.25, 0.3) is 10.9 Å². The summed E-state index contributed by atoms with van der Waals surface area (Å²) >= 11 is 5.91. The molecule has 2 aromatic carbocycles. The van der Waals surface area contributed by atoms with Gasteiger partial charge in [-0.05, 0) is 37.3 Å². The Morgan fingerprint density at radius 1 is 1.22 bits per heavy atom. The quantitative estimate of drug-likeness (QED) is 0.791. The molecule has 1 amide bonds. The second kappa shape index (κ2) is 6.26. The largest absolute Gasteiger partial charge is 0.488 e. The third-order valence-electron chi connectivity index (χ3n) is 3.52. The highest BCUT2D eigenvalue weighted by Gasteiger charge is 2.11. The second-order valence-corrected chi connectivity index (χ2v) is 5.67. The molecule has 1 aromatic heterocycles. The van der Waals surface area contributed by atoms with Gasteiger partial charge >= 0.3 is 0 Å². The summed E-state index contributed by atoms with van der Waals surface area (Å²) in [5.41, 5.74) is 8.47. The molecule has 0 spiro atoms. The number of carbonyl (C=O) groups is 1. The zero-order valence-electron chi connectivity index (χ0n) is 12.5. The van der Waals surface area contributed by atoms with E-state index >= 15 is 0 Å². The fraction of sp³-hybridized carbons (Fsp3) is 0.111. The Kier molecular flexibility index (Phi) is 4.17. The molecule has 2 N–H and O–H groups in total. The van der Waals surface area contributed by atoms with Gasteiger partial charge in [-0.15, -0.1) is 0 Å². The first kappa shape index (κ1) is 15.3. The minimum Gasteiger partial charge on any atom is -0.488 e. The van der Waals surface area contributed by atoms with Crippen molar-refractivity contribution < 1.29 is 9.53 Å². The molecule has 3 rings (SSSR count). The molecule has 0 unspecified atom stereocenters. The number of amides is 1. The van der Waals surface area contributed by atoms with Crippen LogP contribution in [-0.2, 0) is 6.61 Å². The van der Waals surface area contributed by atoms with Crippen LogP contribution >= 0.6 is 11.6 Å². The predicted molar refractivity (Wildman–Crippen MR) is 90.8 cm³/mol. The molecule has 23 heavy (non-hydrogen) atoms. The highest BCUT2D eigenvalue weighted by molar-refractivity contribution is 6.31. The molecule has 116 valence electrons. The number of primary amides is 1. The second-order valence-electron chi connectivity index (χ2n) is 5.23. The van der Waals surface area contributed by atoms with Crippen LogP contribution in [0, 0.1) is 6.92 Å². The average molecular weight is 327 g/mol. The smallest absolute Gasteiger partial charge is 0.252 e. The van der Waals surface area contributed by atoms with Crippen molar-refractivity contribution in [1.29, 1.82) is 0 Å². The highest BCUT2D eigenvalue weighted by atomic mass is 35.5. The maximum Gasteiger partial charge on any atom is 0.252 e. The topological polar surface area (TPSA) is 65.2 Å². The molecule has 0 aliphatic rings. The van der Waals surface area contributed by atoms with E-state index in [0.717, 1.165) is 22.2 Å². The molecule has 3 aromatic rings. The third-order valence-corrected chi connectivity index (χ3v) is 3.76. The normalized spacial score (nSPS) is 10.7. The van der Waals surface area contributed by atoms with Crippen LogP contribution in [-0.4, -0.2) is 10.9 Å². The predicted octanol–water partition coefficient (Wildman–Crippen LogP) is 3.87. The number of ether oxygens (including phenoxy) is 1. The van der Waals surface area contributed by atoms with Gasteiger partial charge in [-0.2, -0.15) is 0 Å². The van der Waals surface area contributed by atoms with Gasteiger partial charge in [0.25, 0.3) is 5.91 Å². The van der Waals surface area contributed by atoms with Crippen molar-refractivity contribution in [2.24, 2.45) is 5.73 Å². The van der Waals surface area contributed by atoms with Crippen LogP contribution in [0.4, 0.5) is 0 Å². The number of hydrogen-bond acceptors (Lipinski definition) is 3. The highest BCUT2D eigenvalue weighted by Crippen LogP contribution is 2.25. The molecular weight excluding hydrogens is 312 g/mol. The summed E-state index contributed by atoms with van der Waals surface area (Å²) in [6.45, 7) is 2.25.